The van der Waals surface area contributed by atoms with Crippen molar-refractivity contribution in [2.75, 3.05) is 19.3 Å². The summed E-state index contributed by atoms with van der Waals surface area (Å²) < 4.78 is -0.242. The normalized spacial score (nSPS) is 37.2. The van der Waals surface area contributed by atoms with E-state index in [1.54, 1.807) is 23.5 Å². The van der Waals surface area contributed by atoms with Crippen LogP contribution in [0.2, 0.25) is 0 Å². The first-order valence-electron chi connectivity index (χ1n) is 5.88. The Morgan fingerprint density at radius 3 is 2.88 bits per heavy atom. The average Bonchev–Trinajstić information content (AvgIpc) is 2.30. The second kappa shape index (κ2) is 5.65. The summed E-state index contributed by atoms with van der Waals surface area (Å²) >= 11 is 3.26. The van der Waals surface area contributed by atoms with Gasteiger partial charge in [-0.2, -0.15) is 0 Å². The van der Waals surface area contributed by atoms with Gasteiger partial charge in [0.1, 0.15) is 4.58 Å². The molecule has 0 aromatic rings. The molecule has 0 aliphatic carbocycles. The molecule has 2 aliphatic heterocycles. The first-order chi connectivity index (χ1) is 7.68. The van der Waals surface area contributed by atoms with E-state index in [1.165, 1.54) is 25.8 Å². The summed E-state index contributed by atoms with van der Waals surface area (Å²) in [5, 5.41) is 9.59. The van der Waals surface area contributed by atoms with Crippen LogP contribution in [0.4, 0.5) is 0 Å². The highest BCUT2D eigenvalue weighted by Crippen LogP contribution is 2.40. The Hall–Kier alpha value is 0.130. The van der Waals surface area contributed by atoms with Crippen molar-refractivity contribution in [2.24, 2.45) is 0 Å². The van der Waals surface area contributed by atoms with Crippen LogP contribution < -0.4 is 0 Å². The van der Waals surface area contributed by atoms with Crippen LogP contribution in [-0.4, -0.2) is 51.2 Å². The molecular weight excluding hydrogens is 242 g/mol. The number of carboxylic acid groups (broad SMARTS) is 1. The molecule has 0 aromatic carbocycles. The largest absolute Gasteiger partial charge is 0.480 e. The Morgan fingerprint density at radius 2 is 2.19 bits per heavy atom. The standard InChI is InChI=1S/C11H19NO2S2/c1-12-6-3-2-4-8(12)9-5-7-15-11(16-9)10(13)14/h8-9,11H,2-7H2,1H3,(H,13,14). The SMILES string of the molecule is CN1CCCCC1C1CCSC(C(=O)O)S1. The minimum absolute atomic E-state index is 0.242. The van der Waals surface area contributed by atoms with Crippen molar-refractivity contribution in [3.63, 3.8) is 0 Å². The topological polar surface area (TPSA) is 40.5 Å². The highest BCUT2D eigenvalue weighted by Gasteiger charge is 2.35. The Bertz CT molecular complexity index is 262. The van der Waals surface area contributed by atoms with Crippen molar-refractivity contribution in [1.29, 1.82) is 0 Å². The van der Waals surface area contributed by atoms with Gasteiger partial charge in [-0.3, -0.25) is 4.79 Å². The zero-order valence-electron chi connectivity index (χ0n) is 9.59. The highest BCUT2D eigenvalue weighted by molar-refractivity contribution is 8.18. The average molecular weight is 261 g/mol. The van der Waals surface area contributed by atoms with Crippen LogP contribution in [-0.2, 0) is 4.79 Å². The number of hydrogen-bond donors (Lipinski definition) is 1. The lowest BCUT2D eigenvalue weighted by atomic mass is 9.98. The van der Waals surface area contributed by atoms with Gasteiger partial charge >= 0.3 is 5.97 Å². The van der Waals surface area contributed by atoms with Gasteiger partial charge in [-0.25, -0.2) is 0 Å². The van der Waals surface area contributed by atoms with Crippen LogP contribution >= 0.6 is 23.5 Å². The lowest BCUT2D eigenvalue weighted by Gasteiger charge is -2.40. The number of likely N-dealkylation sites (tertiary alicyclic amines) is 1. The third kappa shape index (κ3) is 2.87. The number of carboxylic acids is 1. The summed E-state index contributed by atoms with van der Waals surface area (Å²) in [5.41, 5.74) is 0. The van der Waals surface area contributed by atoms with Crippen LogP contribution in [0.5, 0.6) is 0 Å². The number of nitrogens with zero attached hydrogens (tertiary/aromatic N) is 1. The molecule has 16 heavy (non-hydrogen) atoms. The van der Waals surface area contributed by atoms with Crippen LogP contribution in [0.25, 0.3) is 0 Å². The van der Waals surface area contributed by atoms with Gasteiger partial charge in [0.05, 0.1) is 0 Å². The molecule has 2 saturated heterocycles. The monoisotopic (exact) mass is 261 g/mol. The van der Waals surface area contributed by atoms with Crippen molar-refractivity contribution in [2.45, 2.75) is 41.6 Å². The smallest absolute Gasteiger partial charge is 0.326 e. The van der Waals surface area contributed by atoms with Gasteiger partial charge in [0, 0.05) is 11.3 Å². The van der Waals surface area contributed by atoms with Crippen molar-refractivity contribution in [3.8, 4) is 0 Å². The molecule has 0 aromatic heterocycles. The number of piperidine rings is 1. The second-order valence-electron chi connectivity index (χ2n) is 4.55. The minimum Gasteiger partial charge on any atom is -0.480 e. The molecule has 3 nitrogen and oxygen atoms in total. The molecule has 2 fully saturated rings. The van der Waals surface area contributed by atoms with Crippen molar-refractivity contribution >= 4 is 29.5 Å². The van der Waals surface area contributed by atoms with Gasteiger partial charge in [0.2, 0.25) is 0 Å². The van der Waals surface area contributed by atoms with Gasteiger partial charge in [-0.05, 0) is 38.6 Å². The molecule has 0 radical (unpaired) electrons. The Kier molecular flexibility index (Phi) is 4.44. The number of aliphatic carboxylic acids is 1. The summed E-state index contributed by atoms with van der Waals surface area (Å²) in [4.78, 5) is 13.4. The molecule has 3 atom stereocenters. The Morgan fingerprint density at radius 1 is 1.38 bits per heavy atom. The van der Waals surface area contributed by atoms with E-state index < -0.39 is 5.97 Å². The molecular formula is C11H19NO2S2. The minimum atomic E-state index is -0.654. The molecule has 5 heteroatoms. The lowest BCUT2D eigenvalue weighted by Crippen LogP contribution is -2.45. The molecule has 3 unspecified atom stereocenters. The molecule has 2 aliphatic rings. The fourth-order valence-corrected chi connectivity index (χ4v) is 5.68. The fraction of sp³-hybridized carbons (Fsp3) is 0.909. The van der Waals surface area contributed by atoms with E-state index in [2.05, 4.69) is 11.9 Å². The molecule has 0 bridgehead atoms. The van der Waals surface area contributed by atoms with E-state index in [1.807, 2.05) is 0 Å². The molecule has 0 spiro atoms. The fourth-order valence-electron chi connectivity index (χ4n) is 2.54. The van der Waals surface area contributed by atoms with Gasteiger partial charge in [-0.15, -0.1) is 23.5 Å². The van der Waals surface area contributed by atoms with Crippen molar-refractivity contribution in [3.05, 3.63) is 0 Å². The van der Waals surface area contributed by atoms with Crippen molar-refractivity contribution in [1.82, 2.24) is 4.90 Å². The quantitative estimate of drug-likeness (QED) is 0.824. The van der Waals surface area contributed by atoms with Gasteiger partial charge in [0.25, 0.3) is 0 Å². The lowest BCUT2D eigenvalue weighted by molar-refractivity contribution is -0.134. The summed E-state index contributed by atoms with van der Waals surface area (Å²) in [5.74, 6) is 0.345. The predicted molar refractivity (Wildman–Crippen MR) is 70.1 cm³/mol. The first-order valence-corrected chi connectivity index (χ1v) is 7.88. The maximum absolute atomic E-state index is 11.0. The van der Waals surface area contributed by atoms with Gasteiger partial charge in [-0.1, -0.05) is 6.42 Å². The van der Waals surface area contributed by atoms with E-state index >= 15 is 0 Å². The maximum Gasteiger partial charge on any atom is 0.326 e. The summed E-state index contributed by atoms with van der Waals surface area (Å²) in [7, 11) is 2.18. The Labute approximate surface area is 105 Å². The summed E-state index contributed by atoms with van der Waals surface area (Å²) in [6.07, 6.45) is 5.00. The molecule has 0 amide bonds. The van der Waals surface area contributed by atoms with E-state index in [0.717, 1.165) is 12.2 Å². The molecule has 0 saturated carbocycles. The summed E-state index contributed by atoms with van der Waals surface area (Å²) in [6.45, 7) is 1.17. The van der Waals surface area contributed by atoms with Gasteiger partial charge < -0.3 is 10.0 Å². The highest BCUT2D eigenvalue weighted by atomic mass is 32.2. The zero-order chi connectivity index (χ0) is 11.5. The molecule has 1 N–H and O–H groups in total. The molecule has 2 rings (SSSR count). The molecule has 92 valence electrons. The van der Waals surface area contributed by atoms with E-state index in [4.69, 9.17) is 5.11 Å². The van der Waals surface area contributed by atoms with Gasteiger partial charge in [0.15, 0.2) is 0 Å². The number of rotatable bonds is 2. The van der Waals surface area contributed by atoms with Crippen LogP contribution in [0.3, 0.4) is 0 Å². The Balaban J connectivity index is 1.95. The van der Waals surface area contributed by atoms with Crippen molar-refractivity contribution < 1.29 is 9.90 Å². The number of carbonyl (C=O) groups is 1. The maximum atomic E-state index is 11.0. The number of hydrogen-bond acceptors (Lipinski definition) is 4. The van der Waals surface area contributed by atoms with Crippen LogP contribution in [0.15, 0.2) is 0 Å². The second-order valence-corrected chi connectivity index (χ2v) is 7.41. The summed E-state index contributed by atoms with van der Waals surface area (Å²) in [6, 6.07) is 0.599. The predicted octanol–water partition coefficient (Wildman–Crippen LogP) is 2.12. The van der Waals surface area contributed by atoms with Crippen LogP contribution in [0, 0.1) is 0 Å². The van der Waals surface area contributed by atoms with E-state index in [9.17, 15) is 4.79 Å². The van der Waals surface area contributed by atoms with E-state index in [-0.39, 0.29) is 4.58 Å². The zero-order valence-corrected chi connectivity index (χ0v) is 11.2. The van der Waals surface area contributed by atoms with Crippen LogP contribution in [0.1, 0.15) is 25.7 Å². The third-order valence-electron chi connectivity index (χ3n) is 3.43. The number of thioether (sulfide) groups is 2. The first kappa shape index (κ1) is 12.6. The molecule has 2 heterocycles. The van der Waals surface area contributed by atoms with E-state index in [0.29, 0.717) is 11.3 Å². The third-order valence-corrected chi connectivity index (χ3v) is 6.49.